The Balaban J connectivity index is 2.06. The molecule has 0 spiro atoms. The maximum atomic E-state index is 5.94. The molecule has 0 unspecified atom stereocenters. The number of rotatable bonds is 5. The van der Waals surface area contributed by atoms with E-state index in [-0.39, 0.29) is 6.04 Å². The highest BCUT2D eigenvalue weighted by Gasteiger charge is 2.09. The predicted octanol–water partition coefficient (Wildman–Crippen LogP) is 2.56. The molecule has 2 aromatic rings. The zero-order chi connectivity index (χ0) is 13.8. The molecular formula is C12H17N5S2. The van der Waals surface area contributed by atoms with Gasteiger partial charge in [-0.05, 0) is 18.6 Å². The average Bonchev–Trinajstić information content (AvgIpc) is 2.87. The van der Waals surface area contributed by atoms with Crippen LogP contribution in [0.1, 0.15) is 25.1 Å². The van der Waals surface area contributed by atoms with Crippen molar-refractivity contribution in [3.8, 4) is 0 Å². The highest BCUT2D eigenvalue weighted by Crippen LogP contribution is 2.32. The van der Waals surface area contributed by atoms with E-state index in [2.05, 4.69) is 22.1 Å². The van der Waals surface area contributed by atoms with Crippen LogP contribution in [0, 0.1) is 0 Å². The standard InChI is InChI=1S/C12H17N5S2/c1-4-9(13)10-6-5-8(7-14-10)18-12-16-15-11(19-12)17(2)3/h5-7,9H,4,13H2,1-3H3/t9-/m1/s1. The summed E-state index contributed by atoms with van der Waals surface area (Å²) in [6, 6.07) is 4.02. The average molecular weight is 295 g/mol. The van der Waals surface area contributed by atoms with Gasteiger partial charge in [0.2, 0.25) is 5.13 Å². The van der Waals surface area contributed by atoms with Crippen LogP contribution in [0.5, 0.6) is 0 Å². The van der Waals surface area contributed by atoms with Crippen molar-refractivity contribution >= 4 is 28.2 Å². The third-order valence-corrected chi connectivity index (χ3v) is 4.68. The van der Waals surface area contributed by atoms with E-state index < -0.39 is 0 Å². The minimum atomic E-state index is 0.0147. The molecule has 0 aliphatic rings. The Hall–Kier alpha value is -1.18. The minimum absolute atomic E-state index is 0.0147. The fourth-order valence-corrected chi connectivity index (χ4v) is 3.11. The first-order chi connectivity index (χ1) is 9.10. The molecule has 0 aliphatic heterocycles. The monoisotopic (exact) mass is 295 g/mol. The Morgan fingerprint density at radius 1 is 1.37 bits per heavy atom. The van der Waals surface area contributed by atoms with Crippen LogP contribution >= 0.6 is 23.1 Å². The largest absolute Gasteiger partial charge is 0.353 e. The first kappa shape index (κ1) is 14.2. The fourth-order valence-electron chi connectivity index (χ4n) is 1.41. The van der Waals surface area contributed by atoms with E-state index in [1.54, 1.807) is 23.1 Å². The number of hydrogen-bond donors (Lipinski definition) is 1. The Morgan fingerprint density at radius 2 is 2.16 bits per heavy atom. The van der Waals surface area contributed by atoms with Crippen molar-refractivity contribution in [2.45, 2.75) is 28.6 Å². The molecule has 0 aliphatic carbocycles. The van der Waals surface area contributed by atoms with Crippen LogP contribution in [0.15, 0.2) is 27.6 Å². The molecule has 2 aromatic heterocycles. The summed E-state index contributed by atoms with van der Waals surface area (Å²) in [6.45, 7) is 2.05. The van der Waals surface area contributed by atoms with E-state index in [4.69, 9.17) is 5.73 Å². The van der Waals surface area contributed by atoms with E-state index >= 15 is 0 Å². The van der Waals surface area contributed by atoms with E-state index in [0.717, 1.165) is 26.5 Å². The molecule has 19 heavy (non-hydrogen) atoms. The van der Waals surface area contributed by atoms with Gasteiger partial charge in [-0.15, -0.1) is 10.2 Å². The maximum absolute atomic E-state index is 5.94. The lowest BCUT2D eigenvalue weighted by Gasteiger charge is -2.07. The van der Waals surface area contributed by atoms with Crippen LogP contribution < -0.4 is 10.6 Å². The van der Waals surface area contributed by atoms with E-state index in [0.29, 0.717) is 0 Å². The summed E-state index contributed by atoms with van der Waals surface area (Å²) in [7, 11) is 3.91. The summed E-state index contributed by atoms with van der Waals surface area (Å²) < 4.78 is 0.915. The van der Waals surface area contributed by atoms with Crippen molar-refractivity contribution < 1.29 is 0 Å². The number of aromatic nitrogens is 3. The number of nitrogens with zero attached hydrogens (tertiary/aromatic N) is 4. The highest BCUT2D eigenvalue weighted by molar-refractivity contribution is 8.01. The predicted molar refractivity (Wildman–Crippen MR) is 79.8 cm³/mol. The molecule has 2 heterocycles. The number of hydrogen-bond acceptors (Lipinski definition) is 7. The van der Waals surface area contributed by atoms with Gasteiger partial charge in [-0.1, -0.05) is 30.0 Å². The zero-order valence-electron chi connectivity index (χ0n) is 11.2. The van der Waals surface area contributed by atoms with Crippen molar-refractivity contribution in [2.24, 2.45) is 5.73 Å². The molecular weight excluding hydrogens is 278 g/mol. The van der Waals surface area contributed by atoms with Crippen LogP contribution in [0.3, 0.4) is 0 Å². The second-order valence-electron chi connectivity index (χ2n) is 4.28. The smallest absolute Gasteiger partial charge is 0.208 e. The van der Waals surface area contributed by atoms with Gasteiger partial charge in [0.15, 0.2) is 4.34 Å². The Kier molecular flexibility index (Phi) is 4.73. The lowest BCUT2D eigenvalue weighted by Crippen LogP contribution is -2.10. The van der Waals surface area contributed by atoms with Gasteiger partial charge < -0.3 is 10.6 Å². The molecule has 0 radical (unpaired) electrons. The van der Waals surface area contributed by atoms with Gasteiger partial charge in [-0.3, -0.25) is 4.98 Å². The number of pyridine rings is 1. The van der Waals surface area contributed by atoms with Crippen LogP contribution in [0.25, 0.3) is 0 Å². The van der Waals surface area contributed by atoms with Gasteiger partial charge in [0.1, 0.15) is 0 Å². The first-order valence-electron chi connectivity index (χ1n) is 6.00. The van der Waals surface area contributed by atoms with Gasteiger partial charge in [0, 0.05) is 31.2 Å². The Bertz CT molecular complexity index is 523. The van der Waals surface area contributed by atoms with Gasteiger partial charge in [0.05, 0.1) is 5.69 Å². The zero-order valence-corrected chi connectivity index (χ0v) is 12.8. The van der Waals surface area contributed by atoms with E-state index in [1.165, 1.54) is 0 Å². The van der Waals surface area contributed by atoms with E-state index in [1.807, 2.05) is 37.3 Å². The molecule has 0 bridgehead atoms. The van der Waals surface area contributed by atoms with Crippen molar-refractivity contribution in [3.05, 3.63) is 24.0 Å². The second kappa shape index (κ2) is 6.31. The molecule has 0 aromatic carbocycles. The van der Waals surface area contributed by atoms with Crippen molar-refractivity contribution in [2.75, 3.05) is 19.0 Å². The van der Waals surface area contributed by atoms with Crippen LogP contribution in [-0.4, -0.2) is 29.3 Å². The normalized spacial score (nSPS) is 12.4. The molecule has 1 atom stereocenters. The Morgan fingerprint density at radius 3 is 2.68 bits per heavy atom. The number of nitrogens with two attached hydrogens (primary N) is 1. The molecule has 0 saturated heterocycles. The topological polar surface area (TPSA) is 67.9 Å². The quantitative estimate of drug-likeness (QED) is 0.914. The lowest BCUT2D eigenvalue weighted by molar-refractivity contribution is 0.674. The summed E-state index contributed by atoms with van der Waals surface area (Å²) in [6.07, 6.45) is 2.73. The summed E-state index contributed by atoms with van der Waals surface area (Å²) >= 11 is 3.13. The van der Waals surface area contributed by atoms with Crippen molar-refractivity contribution in [3.63, 3.8) is 0 Å². The van der Waals surface area contributed by atoms with Crippen molar-refractivity contribution in [1.82, 2.24) is 15.2 Å². The molecule has 0 saturated carbocycles. The summed E-state index contributed by atoms with van der Waals surface area (Å²) in [5.74, 6) is 0. The van der Waals surface area contributed by atoms with Gasteiger partial charge in [0.25, 0.3) is 0 Å². The van der Waals surface area contributed by atoms with Crippen LogP contribution in [0.2, 0.25) is 0 Å². The lowest BCUT2D eigenvalue weighted by atomic mass is 10.1. The molecule has 5 nitrogen and oxygen atoms in total. The molecule has 0 fully saturated rings. The highest BCUT2D eigenvalue weighted by atomic mass is 32.2. The second-order valence-corrected chi connectivity index (χ2v) is 6.56. The fraction of sp³-hybridized carbons (Fsp3) is 0.417. The molecule has 7 heteroatoms. The third kappa shape index (κ3) is 3.65. The minimum Gasteiger partial charge on any atom is -0.353 e. The maximum Gasteiger partial charge on any atom is 0.208 e. The van der Waals surface area contributed by atoms with Gasteiger partial charge in [-0.25, -0.2) is 0 Å². The summed E-state index contributed by atoms with van der Waals surface area (Å²) in [5, 5.41) is 9.15. The molecule has 2 N–H and O–H groups in total. The number of anilines is 1. The molecule has 102 valence electrons. The first-order valence-corrected chi connectivity index (χ1v) is 7.63. The third-order valence-electron chi connectivity index (χ3n) is 2.56. The van der Waals surface area contributed by atoms with Crippen LogP contribution in [-0.2, 0) is 0 Å². The van der Waals surface area contributed by atoms with Gasteiger partial charge >= 0.3 is 0 Å². The Labute approximate surface area is 121 Å². The van der Waals surface area contributed by atoms with E-state index in [9.17, 15) is 0 Å². The SMILES string of the molecule is CC[C@@H](N)c1ccc(Sc2nnc(N(C)C)s2)cn1. The molecule has 0 amide bonds. The molecule has 2 rings (SSSR count). The van der Waals surface area contributed by atoms with Crippen LogP contribution in [0.4, 0.5) is 5.13 Å². The van der Waals surface area contributed by atoms with Crippen molar-refractivity contribution in [1.29, 1.82) is 0 Å². The summed E-state index contributed by atoms with van der Waals surface area (Å²) in [5.41, 5.74) is 6.87. The van der Waals surface area contributed by atoms with Gasteiger partial charge in [-0.2, -0.15) is 0 Å². The summed E-state index contributed by atoms with van der Waals surface area (Å²) in [4.78, 5) is 7.39.